The minimum absolute atomic E-state index is 0.0284. The molecule has 4 aliphatic heterocycles. The lowest BCUT2D eigenvalue weighted by Gasteiger charge is -2.55. The number of aliphatic hydroxyl groups excluding tert-OH is 1. The van der Waals surface area contributed by atoms with E-state index in [4.69, 9.17) is 0 Å². The highest BCUT2D eigenvalue weighted by Crippen LogP contribution is 2.66. The number of hydrogen-bond acceptors (Lipinski definition) is 3. The number of anilines is 1. The second-order valence-electron chi connectivity index (χ2n) is 8.45. The van der Waals surface area contributed by atoms with Crippen LogP contribution in [0.2, 0.25) is 0 Å². The third-order valence-corrected chi connectivity index (χ3v) is 7.75. The third kappa shape index (κ3) is 1.43. The molecule has 1 aromatic carbocycles. The van der Waals surface area contributed by atoms with Gasteiger partial charge in [-0.25, -0.2) is 0 Å². The van der Waals surface area contributed by atoms with E-state index in [1.165, 1.54) is 29.7 Å². The van der Waals surface area contributed by atoms with Gasteiger partial charge in [0.25, 0.3) is 5.91 Å². The van der Waals surface area contributed by atoms with Crippen LogP contribution in [0.25, 0.3) is 0 Å². The molecule has 0 saturated carbocycles. The van der Waals surface area contributed by atoms with Gasteiger partial charge < -0.3 is 5.11 Å². The van der Waals surface area contributed by atoms with Crippen molar-refractivity contribution in [2.75, 3.05) is 18.0 Å². The average molecular weight is 336 g/mol. The van der Waals surface area contributed by atoms with Crippen molar-refractivity contribution in [3.05, 3.63) is 41.1 Å². The quantitative estimate of drug-likeness (QED) is 0.857. The molecule has 1 spiro atoms. The first kappa shape index (κ1) is 14.5. The molecule has 0 aromatic heterocycles. The van der Waals surface area contributed by atoms with Crippen LogP contribution in [0, 0.1) is 11.8 Å². The highest BCUT2D eigenvalue weighted by molar-refractivity contribution is 6.05. The fraction of sp³-hybridized carbons (Fsp3) is 0.571. The molecule has 25 heavy (non-hydrogen) atoms. The molecule has 5 unspecified atom stereocenters. The van der Waals surface area contributed by atoms with E-state index in [9.17, 15) is 9.90 Å². The van der Waals surface area contributed by atoms with Crippen LogP contribution >= 0.6 is 0 Å². The maximum absolute atomic E-state index is 13.0. The van der Waals surface area contributed by atoms with E-state index in [1.54, 1.807) is 0 Å². The molecule has 2 bridgehead atoms. The number of rotatable bonds is 1. The normalized spacial score (nSPS) is 41.2. The Balaban J connectivity index is 1.73. The summed E-state index contributed by atoms with van der Waals surface area (Å²) in [4.78, 5) is 17.6. The zero-order valence-corrected chi connectivity index (χ0v) is 14.6. The van der Waals surface area contributed by atoms with E-state index >= 15 is 0 Å². The first-order valence-electron chi connectivity index (χ1n) is 9.77. The Bertz CT molecular complexity index is 831. The second-order valence-corrected chi connectivity index (χ2v) is 8.45. The molecule has 1 N–H and O–H groups in total. The summed E-state index contributed by atoms with van der Waals surface area (Å²) in [5.41, 5.74) is 5.00. The van der Waals surface area contributed by atoms with Crippen LogP contribution in [-0.2, 0) is 10.2 Å². The zero-order valence-electron chi connectivity index (χ0n) is 14.6. The Morgan fingerprint density at radius 3 is 2.96 bits per heavy atom. The maximum atomic E-state index is 13.0. The largest absolute Gasteiger partial charge is 0.383 e. The number of benzene rings is 1. The molecule has 4 heterocycles. The van der Waals surface area contributed by atoms with Gasteiger partial charge in [-0.05, 0) is 55.0 Å². The van der Waals surface area contributed by atoms with Crippen molar-refractivity contribution in [1.82, 2.24) is 4.90 Å². The number of carbonyl (C=O) groups excluding carboxylic acids is 1. The maximum Gasteiger partial charge on any atom is 0.260 e. The highest BCUT2D eigenvalue weighted by atomic mass is 16.3. The van der Waals surface area contributed by atoms with E-state index in [0.717, 1.165) is 25.2 Å². The standard InChI is InChI=1S/C21H24N2O2/c1-2-12-13-7-9-22-10-8-21(18(12)22)15-5-3-4-6-16(15)23-19(21)14(13)11-17(24)20(23)25/h3-6,12-13,17-18,24H,2,7-11H2,1H3. The highest BCUT2D eigenvalue weighted by Gasteiger charge is 2.67. The number of hydrogen-bond donors (Lipinski definition) is 1. The summed E-state index contributed by atoms with van der Waals surface area (Å²) in [5.74, 6) is 1.06. The van der Waals surface area contributed by atoms with Crippen molar-refractivity contribution >= 4 is 11.6 Å². The molecule has 6 rings (SSSR count). The average Bonchev–Trinajstić information content (AvgIpc) is 3.18. The van der Waals surface area contributed by atoms with Gasteiger partial charge in [0.05, 0.1) is 11.1 Å². The van der Waals surface area contributed by atoms with Crippen molar-refractivity contribution < 1.29 is 9.90 Å². The molecule has 2 fully saturated rings. The summed E-state index contributed by atoms with van der Waals surface area (Å²) < 4.78 is 0. The third-order valence-electron chi connectivity index (χ3n) is 7.75. The zero-order chi connectivity index (χ0) is 16.9. The van der Waals surface area contributed by atoms with Crippen molar-refractivity contribution in [2.45, 2.75) is 50.2 Å². The van der Waals surface area contributed by atoms with Crippen LogP contribution in [0.15, 0.2) is 35.5 Å². The Hall–Kier alpha value is -1.65. The van der Waals surface area contributed by atoms with Gasteiger partial charge in [0.15, 0.2) is 0 Å². The molecule has 5 aliphatic rings. The topological polar surface area (TPSA) is 43.8 Å². The van der Waals surface area contributed by atoms with Gasteiger partial charge in [0.1, 0.15) is 6.10 Å². The van der Waals surface area contributed by atoms with E-state index in [-0.39, 0.29) is 11.3 Å². The Kier molecular flexibility index (Phi) is 2.64. The number of aliphatic hydroxyl groups is 1. The van der Waals surface area contributed by atoms with Gasteiger partial charge in [0, 0.05) is 18.2 Å². The fourth-order valence-corrected chi connectivity index (χ4v) is 7.06. The number of fused-ring (bicyclic) bond motifs is 4. The van der Waals surface area contributed by atoms with Gasteiger partial charge >= 0.3 is 0 Å². The Morgan fingerprint density at radius 2 is 2.12 bits per heavy atom. The van der Waals surface area contributed by atoms with E-state index < -0.39 is 6.10 Å². The molecule has 1 aliphatic carbocycles. The van der Waals surface area contributed by atoms with Crippen molar-refractivity contribution in [3.8, 4) is 0 Å². The van der Waals surface area contributed by atoms with E-state index in [1.807, 2.05) is 11.0 Å². The smallest absolute Gasteiger partial charge is 0.260 e. The van der Waals surface area contributed by atoms with Crippen LogP contribution in [0.5, 0.6) is 0 Å². The molecule has 130 valence electrons. The number of para-hydroxylation sites is 1. The molecular weight excluding hydrogens is 312 g/mol. The van der Waals surface area contributed by atoms with Gasteiger partial charge in [0.2, 0.25) is 0 Å². The lowest BCUT2D eigenvalue weighted by atomic mass is 9.56. The van der Waals surface area contributed by atoms with Crippen LogP contribution in [0.3, 0.4) is 0 Å². The minimum atomic E-state index is -0.879. The Morgan fingerprint density at radius 1 is 1.28 bits per heavy atom. The van der Waals surface area contributed by atoms with Gasteiger partial charge in [-0.2, -0.15) is 0 Å². The van der Waals surface area contributed by atoms with Crippen molar-refractivity contribution in [1.29, 1.82) is 0 Å². The summed E-state index contributed by atoms with van der Waals surface area (Å²) in [6, 6.07) is 8.98. The van der Waals surface area contributed by atoms with Gasteiger partial charge in [-0.1, -0.05) is 31.5 Å². The number of nitrogens with zero attached hydrogens (tertiary/aromatic N) is 2. The second kappa shape index (κ2) is 4.54. The van der Waals surface area contributed by atoms with Crippen molar-refractivity contribution in [3.63, 3.8) is 0 Å². The first-order chi connectivity index (χ1) is 12.2. The van der Waals surface area contributed by atoms with E-state index in [2.05, 4.69) is 30.0 Å². The fourth-order valence-electron chi connectivity index (χ4n) is 7.06. The van der Waals surface area contributed by atoms with Crippen LogP contribution in [0.1, 0.15) is 38.2 Å². The SMILES string of the molecule is CCC1C2CCN3CCC4(C5=C2CC(O)C(=O)N5c2ccccc24)C13. The molecule has 0 radical (unpaired) electrons. The number of amides is 1. The minimum Gasteiger partial charge on any atom is -0.383 e. The summed E-state index contributed by atoms with van der Waals surface area (Å²) >= 11 is 0. The van der Waals surface area contributed by atoms with Crippen LogP contribution in [0.4, 0.5) is 5.69 Å². The summed E-state index contributed by atoms with van der Waals surface area (Å²) in [5, 5.41) is 10.5. The first-order valence-corrected chi connectivity index (χ1v) is 9.77. The number of carbonyl (C=O) groups is 1. The van der Waals surface area contributed by atoms with Gasteiger partial charge in [-0.15, -0.1) is 0 Å². The van der Waals surface area contributed by atoms with Crippen LogP contribution in [-0.4, -0.2) is 41.1 Å². The van der Waals surface area contributed by atoms with E-state index in [0.29, 0.717) is 24.3 Å². The summed E-state index contributed by atoms with van der Waals surface area (Å²) in [6.07, 6.45) is 3.13. The lowest BCUT2D eigenvalue weighted by Crippen LogP contribution is -2.60. The molecule has 4 heteroatoms. The van der Waals surface area contributed by atoms with Crippen molar-refractivity contribution in [2.24, 2.45) is 11.8 Å². The monoisotopic (exact) mass is 336 g/mol. The van der Waals surface area contributed by atoms with Gasteiger partial charge in [-0.3, -0.25) is 14.6 Å². The summed E-state index contributed by atoms with van der Waals surface area (Å²) in [7, 11) is 0. The lowest BCUT2D eigenvalue weighted by molar-refractivity contribution is -0.127. The Labute approximate surface area is 148 Å². The molecule has 1 aromatic rings. The molecular formula is C21H24N2O2. The summed E-state index contributed by atoms with van der Waals surface area (Å²) in [6.45, 7) is 4.61. The predicted octanol–water partition coefficient (Wildman–Crippen LogP) is 2.42. The molecule has 2 saturated heterocycles. The molecule has 1 amide bonds. The molecule has 4 nitrogen and oxygen atoms in total. The van der Waals surface area contributed by atoms with Crippen LogP contribution < -0.4 is 4.90 Å². The number of piperidine rings is 1. The predicted molar refractivity (Wildman–Crippen MR) is 95.1 cm³/mol. The molecule has 5 atom stereocenters.